The van der Waals surface area contributed by atoms with Crippen molar-refractivity contribution in [2.24, 2.45) is 0 Å². The Bertz CT molecular complexity index is 1520. The number of nitrogens with one attached hydrogen (secondary N) is 1. The van der Waals surface area contributed by atoms with Crippen LogP contribution in [-0.2, 0) is 26.7 Å². The van der Waals surface area contributed by atoms with E-state index in [1.165, 1.54) is 42.3 Å². The van der Waals surface area contributed by atoms with Gasteiger partial charge in [0, 0.05) is 31.8 Å². The highest BCUT2D eigenvalue weighted by molar-refractivity contribution is 7.86. The molecule has 14 nitrogen and oxygen atoms in total. The molecule has 192 valence electrons. The smallest absolute Gasteiger partial charge is 0.294 e. The first-order valence-corrected chi connectivity index (χ1v) is 13.3. The number of nitrogens with zero attached hydrogens (tertiary/aromatic N) is 5. The van der Waals surface area contributed by atoms with E-state index in [-0.39, 0.29) is 57.5 Å². The summed E-state index contributed by atoms with van der Waals surface area (Å²) in [6.45, 7) is -0.199. The summed E-state index contributed by atoms with van der Waals surface area (Å²) in [5, 5.41) is 13.9. The molecule has 0 unspecified atom stereocenters. The van der Waals surface area contributed by atoms with Gasteiger partial charge in [0.2, 0.25) is 11.9 Å². The molecule has 1 aromatic heterocycles. The Morgan fingerprint density at radius 1 is 1.08 bits per heavy atom. The van der Waals surface area contributed by atoms with Crippen LogP contribution in [0.1, 0.15) is 11.4 Å². The van der Waals surface area contributed by atoms with Crippen molar-refractivity contribution in [2.45, 2.75) is 11.3 Å². The lowest BCUT2D eigenvalue weighted by atomic mass is 10.1. The molecule has 0 aliphatic heterocycles. The molecule has 0 atom stereocenters. The van der Waals surface area contributed by atoms with E-state index < -0.39 is 30.9 Å². The Morgan fingerprint density at radius 3 is 2.42 bits per heavy atom. The van der Waals surface area contributed by atoms with Crippen molar-refractivity contribution in [3.63, 3.8) is 0 Å². The maximum absolute atomic E-state index is 11.8. The van der Waals surface area contributed by atoms with Crippen LogP contribution >= 0.6 is 11.6 Å². The Balaban J connectivity index is 2.03. The molecule has 1 heterocycles. The molecule has 0 saturated heterocycles. The third kappa shape index (κ3) is 7.28. The van der Waals surface area contributed by atoms with Crippen LogP contribution in [0.2, 0.25) is 5.02 Å². The van der Waals surface area contributed by atoms with Gasteiger partial charge in [-0.25, -0.2) is 0 Å². The predicted octanol–water partition coefficient (Wildman–Crippen LogP) is 2.34. The highest BCUT2D eigenvalue weighted by atomic mass is 35.5. The molecule has 0 spiro atoms. The highest BCUT2D eigenvalue weighted by Crippen LogP contribution is 2.29. The second kappa shape index (κ2) is 10.7. The fourth-order valence-electron chi connectivity index (χ4n) is 3.00. The summed E-state index contributed by atoms with van der Waals surface area (Å²) in [6, 6.07) is 9.52. The van der Waals surface area contributed by atoms with Crippen LogP contribution in [0.15, 0.2) is 47.4 Å². The van der Waals surface area contributed by atoms with Gasteiger partial charge in [0.15, 0.2) is 0 Å². The van der Waals surface area contributed by atoms with Crippen molar-refractivity contribution in [1.29, 1.82) is 0 Å². The largest absolute Gasteiger partial charge is 0.343 e. The summed E-state index contributed by atoms with van der Waals surface area (Å²) >= 11 is 5.84. The summed E-state index contributed by atoms with van der Waals surface area (Å²) in [7, 11) is -7.38. The van der Waals surface area contributed by atoms with Gasteiger partial charge in [0.25, 0.3) is 25.9 Å². The van der Waals surface area contributed by atoms with Crippen LogP contribution in [-0.4, -0.2) is 65.2 Å². The van der Waals surface area contributed by atoms with Gasteiger partial charge in [0.1, 0.15) is 10.8 Å². The minimum atomic E-state index is -4.55. The molecule has 3 aromatic rings. The van der Waals surface area contributed by atoms with Crippen molar-refractivity contribution < 1.29 is 30.9 Å². The molecule has 0 radical (unpaired) electrons. The number of rotatable bonds is 10. The molecule has 3 N–H and O–H groups in total. The van der Waals surface area contributed by atoms with E-state index in [1.807, 2.05) is 0 Å². The summed E-state index contributed by atoms with van der Waals surface area (Å²) in [5.74, 6) is -0.739. The van der Waals surface area contributed by atoms with Gasteiger partial charge >= 0.3 is 0 Å². The Labute approximate surface area is 210 Å². The minimum Gasteiger partial charge on any atom is -0.343 e. The van der Waals surface area contributed by atoms with Gasteiger partial charge in [-0.2, -0.15) is 31.8 Å². The number of anilines is 3. The number of benzene rings is 2. The third-order valence-corrected chi connectivity index (χ3v) is 6.67. The molecule has 0 bridgehead atoms. The zero-order chi connectivity index (χ0) is 26.7. The Morgan fingerprint density at radius 2 is 1.78 bits per heavy atom. The SMILES string of the molecule is CN(CCS(=O)(=O)O)c1nc(Cc2ccccc2S(=O)(=O)O)nc(Nc2ccc(Cl)c([N+](=O)[O-])c2)n1. The normalized spacial score (nSPS) is 11.8. The maximum atomic E-state index is 11.8. The topological polar surface area (TPSA) is 206 Å². The maximum Gasteiger partial charge on any atom is 0.294 e. The summed E-state index contributed by atoms with van der Waals surface area (Å²) in [6.07, 6.45) is -0.174. The first-order valence-electron chi connectivity index (χ1n) is 9.90. The second-order valence-corrected chi connectivity index (χ2v) is 10.8. The monoisotopic (exact) mass is 558 g/mol. The molecular formula is C19H19ClN6O8S2. The van der Waals surface area contributed by atoms with Crippen molar-refractivity contribution in [3.8, 4) is 0 Å². The molecule has 0 amide bonds. The van der Waals surface area contributed by atoms with Crippen LogP contribution in [0.25, 0.3) is 0 Å². The van der Waals surface area contributed by atoms with Crippen LogP contribution in [0.4, 0.5) is 23.3 Å². The number of hydrogen-bond donors (Lipinski definition) is 3. The molecule has 2 aromatic carbocycles. The molecule has 36 heavy (non-hydrogen) atoms. The Kier molecular flexibility index (Phi) is 8.05. The molecule has 0 fully saturated rings. The van der Waals surface area contributed by atoms with E-state index in [0.29, 0.717) is 0 Å². The van der Waals surface area contributed by atoms with Gasteiger partial charge in [-0.1, -0.05) is 29.8 Å². The fourth-order valence-corrected chi connectivity index (χ4v) is 4.41. The molecular weight excluding hydrogens is 540 g/mol. The Hall–Kier alpha value is -3.44. The number of nitro groups is 1. The van der Waals surface area contributed by atoms with Gasteiger partial charge in [-0.15, -0.1) is 0 Å². The first kappa shape index (κ1) is 27.2. The lowest BCUT2D eigenvalue weighted by Crippen LogP contribution is -2.27. The van der Waals surface area contributed by atoms with Crippen molar-refractivity contribution in [1.82, 2.24) is 15.0 Å². The van der Waals surface area contributed by atoms with Gasteiger partial charge in [-0.05, 0) is 23.8 Å². The molecule has 3 rings (SSSR count). The highest BCUT2D eigenvalue weighted by Gasteiger charge is 2.19. The molecule has 17 heteroatoms. The lowest BCUT2D eigenvalue weighted by molar-refractivity contribution is -0.384. The van der Waals surface area contributed by atoms with Crippen molar-refractivity contribution in [2.75, 3.05) is 29.6 Å². The van der Waals surface area contributed by atoms with E-state index in [2.05, 4.69) is 20.3 Å². The summed E-state index contributed by atoms with van der Waals surface area (Å²) < 4.78 is 64.4. The van der Waals surface area contributed by atoms with Crippen LogP contribution in [0, 0.1) is 10.1 Å². The first-order chi connectivity index (χ1) is 16.7. The number of nitro benzene ring substituents is 1. The second-order valence-electron chi connectivity index (χ2n) is 7.39. The van der Waals surface area contributed by atoms with Gasteiger partial charge in [0.05, 0.1) is 15.6 Å². The van der Waals surface area contributed by atoms with Crippen LogP contribution in [0.3, 0.4) is 0 Å². The van der Waals surface area contributed by atoms with E-state index in [4.69, 9.17) is 16.2 Å². The van der Waals surface area contributed by atoms with Crippen LogP contribution in [0.5, 0.6) is 0 Å². The van der Waals surface area contributed by atoms with Gasteiger partial charge in [-0.3, -0.25) is 19.2 Å². The van der Waals surface area contributed by atoms with E-state index in [1.54, 1.807) is 6.07 Å². The van der Waals surface area contributed by atoms with Gasteiger partial charge < -0.3 is 10.2 Å². The molecule has 0 aliphatic carbocycles. The molecule has 0 saturated carbocycles. The zero-order valence-electron chi connectivity index (χ0n) is 18.4. The average Bonchev–Trinajstić information content (AvgIpc) is 2.77. The number of halogens is 1. The predicted molar refractivity (Wildman–Crippen MR) is 130 cm³/mol. The number of aromatic nitrogens is 3. The fraction of sp³-hybridized carbons (Fsp3) is 0.211. The van der Waals surface area contributed by atoms with Crippen molar-refractivity contribution in [3.05, 3.63) is 69.0 Å². The van der Waals surface area contributed by atoms with Crippen molar-refractivity contribution >= 4 is 55.1 Å². The minimum absolute atomic E-state index is 0.0285. The van der Waals surface area contributed by atoms with E-state index in [9.17, 15) is 31.5 Å². The van der Waals surface area contributed by atoms with Crippen LogP contribution < -0.4 is 10.2 Å². The average molecular weight is 559 g/mol. The summed E-state index contributed by atoms with van der Waals surface area (Å²) in [5.41, 5.74) is 0.00228. The number of hydrogen-bond acceptors (Lipinski definition) is 11. The quantitative estimate of drug-likeness (QED) is 0.186. The van der Waals surface area contributed by atoms with E-state index >= 15 is 0 Å². The van der Waals surface area contributed by atoms with E-state index in [0.717, 1.165) is 6.07 Å². The molecule has 0 aliphatic rings. The standard InChI is InChI=1S/C19H19ClN6O8S2/c1-25(8-9-35(29,30)31)19-23-17(10-12-4-2-3-5-16(12)36(32,33)34)22-18(24-19)21-13-6-7-14(20)15(11-13)26(27)28/h2-7,11H,8-10H2,1H3,(H,29,30,31)(H,32,33,34)(H,21,22,23,24). The summed E-state index contributed by atoms with van der Waals surface area (Å²) in [4.78, 5) is 24.1. The third-order valence-electron chi connectivity index (χ3n) is 4.69. The lowest BCUT2D eigenvalue weighted by Gasteiger charge is -2.18. The zero-order valence-corrected chi connectivity index (χ0v) is 20.8.